The molecule has 140 valence electrons. The average Bonchev–Trinajstić information content (AvgIpc) is 2.60. The monoisotopic (exact) mass is 369 g/mol. The first-order valence-corrected chi connectivity index (χ1v) is 7.68. The molecular weight excluding hydrogens is 351 g/mol. The molecule has 2 N–H and O–H groups in total. The van der Waals surface area contributed by atoms with Gasteiger partial charge in [0.15, 0.2) is 18.1 Å². The SMILES string of the molecule is COc1cc(CNCc2ccc(C(=O)O)cc2)ccc1OCC(F)(F)F. The summed E-state index contributed by atoms with van der Waals surface area (Å²) in [6.07, 6.45) is -4.42. The van der Waals surface area contributed by atoms with Gasteiger partial charge in [0.05, 0.1) is 12.7 Å². The zero-order valence-corrected chi connectivity index (χ0v) is 14.0. The van der Waals surface area contributed by atoms with Crippen LogP contribution < -0.4 is 14.8 Å². The van der Waals surface area contributed by atoms with Crippen molar-refractivity contribution in [1.29, 1.82) is 0 Å². The molecule has 0 aliphatic carbocycles. The fraction of sp³-hybridized carbons (Fsp3) is 0.278. The van der Waals surface area contributed by atoms with Gasteiger partial charge >= 0.3 is 12.1 Å². The molecule has 0 radical (unpaired) electrons. The molecule has 0 saturated carbocycles. The number of nitrogens with one attached hydrogen (secondary N) is 1. The van der Waals surface area contributed by atoms with Crippen molar-refractivity contribution in [2.75, 3.05) is 13.7 Å². The number of aromatic carboxylic acids is 1. The Bertz CT molecular complexity index is 745. The molecular formula is C18H18F3NO4. The van der Waals surface area contributed by atoms with E-state index in [0.717, 1.165) is 11.1 Å². The molecule has 0 aliphatic heterocycles. The molecule has 26 heavy (non-hydrogen) atoms. The zero-order valence-electron chi connectivity index (χ0n) is 14.0. The summed E-state index contributed by atoms with van der Waals surface area (Å²) >= 11 is 0. The summed E-state index contributed by atoms with van der Waals surface area (Å²) < 4.78 is 46.5. The number of benzene rings is 2. The van der Waals surface area contributed by atoms with Crippen LogP contribution in [-0.4, -0.2) is 31.0 Å². The number of hydrogen-bond donors (Lipinski definition) is 2. The van der Waals surface area contributed by atoms with Crippen molar-refractivity contribution in [3.63, 3.8) is 0 Å². The van der Waals surface area contributed by atoms with Crippen LogP contribution in [0.25, 0.3) is 0 Å². The topological polar surface area (TPSA) is 67.8 Å². The molecule has 2 rings (SSSR count). The van der Waals surface area contributed by atoms with Crippen molar-refractivity contribution in [3.05, 3.63) is 59.2 Å². The van der Waals surface area contributed by atoms with Gasteiger partial charge in [0.1, 0.15) is 0 Å². The van der Waals surface area contributed by atoms with E-state index in [1.165, 1.54) is 25.3 Å². The Kier molecular flexibility index (Phi) is 6.46. The predicted octanol–water partition coefficient (Wildman–Crippen LogP) is 3.62. The predicted molar refractivity (Wildman–Crippen MR) is 88.5 cm³/mol. The maximum Gasteiger partial charge on any atom is 0.422 e. The Morgan fingerprint density at radius 1 is 1.04 bits per heavy atom. The molecule has 2 aromatic rings. The van der Waals surface area contributed by atoms with Gasteiger partial charge in [-0.05, 0) is 35.4 Å². The molecule has 0 saturated heterocycles. The van der Waals surface area contributed by atoms with E-state index in [1.54, 1.807) is 24.3 Å². The number of carboxylic acids is 1. The van der Waals surface area contributed by atoms with E-state index in [1.807, 2.05) is 0 Å². The van der Waals surface area contributed by atoms with E-state index >= 15 is 0 Å². The fourth-order valence-corrected chi connectivity index (χ4v) is 2.22. The van der Waals surface area contributed by atoms with Gasteiger partial charge in [-0.2, -0.15) is 13.2 Å². The van der Waals surface area contributed by atoms with Crippen molar-refractivity contribution in [2.45, 2.75) is 19.3 Å². The van der Waals surface area contributed by atoms with E-state index < -0.39 is 18.8 Å². The summed E-state index contributed by atoms with van der Waals surface area (Å²) in [4.78, 5) is 10.8. The summed E-state index contributed by atoms with van der Waals surface area (Å²) in [5, 5.41) is 12.0. The highest BCUT2D eigenvalue weighted by molar-refractivity contribution is 5.87. The molecule has 0 fully saturated rings. The molecule has 2 aromatic carbocycles. The van der Waals surface area contributed by atoms with Crippen molar-refractivity contribution in [2.24, 2.45) is 0 Å². The van der Waals surface area contributed by atoms with Crippen molar-refractivity contribution in [3.8, 4) is 11.5 Å². The maximum absolute atomic E-state index is 12.2. The maximum atomic E-state index is 12.2. The van der Waals surface area contributed by atoms with E-state index in [2.05, 4.69) is 5.32 Å². The van der Waals surface area contributed by atoms with Crippen LogP contribution in [0.5, 0.6) is 11.5 Å². The number of halogens is 3. The first kappa shape index (κ1) is 19.6. The number of carbonyl (C=O) groups is 1. The molecule has 8 heteroatoms. The van der Waals surface area contributed by atoms with Gasteiger partial charge in [0, 0.05) is 13.1 Å². The van der Waals surface area contributed by atoms with Gasteiger partial charge in [-0.15, -0.1) is 0 Å². The van der Waals surface area contributed by atoms with Gasteiger partial charge in [0.25, 0.3) is 0 Å². The van der Waals surface area contributed by atoms with Crippen molar-refractivity contribution >= 4 is 5.97 Å². The molecule has 0 aliphatic rings. The Labute approximate surface area is 148 Å². The van der Waals surface area contributed by atoms with Gasteiger partial charge in [0.2, 0.25) is 0 Å². The molecule has 0 bridgehead atoms. The largest absolute Gasteiger partial charge is 0.493 e. The lowest BCUT2D eigenvalue weighted by Crippen LogP contribution is -2.19. The Morgan fingerprint density at radius 2 is 1.65 bits per heavy atom. The van der Waals surface area contributed by atoms with E-state index in [-0.39, 0.29) is 17.1 Å². The van der Waals surface area contributed by atoms with Crippen LogP contribution in [0.1, 0.15) is 21.5 Å². The molecule has 0 aromatic heterocycles. The number of alkyl halides is 3. The number of carboxylic acid groups (broad SMARTS) is 1. The van der Waals surface area contributed by atoms with E-state index in [4.69, 9.17) is 14.6 Å². The van der Waals surface area contributed by atoms with Crippen LogP contribution >= 0.6 is 0 Å². The lowest BCUT2D eigenvalue weighted by Gasteiger charge is -2.14. The number of ether oxygens (including phenoxy) is 2. The number of methoxy groups -OCH3 is 1. The normalized spacial score (nSPS) is 11.2. The molecule has 0 unspecified atom stereocenters. The van der Waals surface area contributed by atoms with E-state index in [0.29, 0.717) is 13.1 Å². The minimum Gasteiger partial charge on any atom is -0.493 e. The van der Waals surface area contributed by atoms with Crippen LogP contribution in [0.4, 0.5) is 13.2 Å². The fourth-order valence-electron chi connectivity index (χ4n) is 2.22. The lowest BCUT2D eigenvalue weighted by atomic mass is 10.1. The smallest absolute Gasteiger partial charge is 0.422 e. The standard InChI is InChI=1S/C18H18F3NO4/c1-25-16-8-13(4-7-15(16)26-11-18(19,20)21)10-22-9-12-2-5-14(6-3-12)17(23)24/h2-8,22H,9-11H2,1H3,(H,23,24). The highest BCUT2D eigenvalue weighted by atomic mass is 19.4. The quantitative estimate of drug-likeness (QED) is 0.744. The summed E-state index contributed by atoms with van der Waals surface area (Å²) in [6.45, 7) is -0.418. The third-order valence-corrected chi connectivity index (χ3v) is 3.48. The minimum atomic E-state index is -4.42. The number of rotatable bonds is 8. The summed E-state index contributed by atoms with van der Waals surface area (Å²) in [6, 6.07) is 11.2. The molecule has 0 heterocycles. The van der Waals surface area contributed by atoms with Crippen molar-refractivity contribution < 1.29 is 32.5 Å². The third-order valence-electron chi connectivity index (χ3n) is 3.48. The first-order valence-electron chi connectivity index (χ1n) is 7.68. The second kappa shape index (κ2) is 8.57. The van der Waals surface area contributed by atoms with Gasteiger partial charge < -0.3 is 19.9 Å². The average molecular weight is 369 g/mol. The molecule has 5 nitrogen and oxygen atoms in total. The minimum absolute atomic E-state index is 0.0258. The van der Waals surface area contributed by atoms with E-state index in [9.17, 15) is 18.0 Å². The van der Waals surface area contributed by atoms with Crippen LogP contribution in [0.15, 0.2) is 42.5 Å². The Morgan fingerprint density at radius 3 is 2.23 bits per heavy atom. The lowest BCUT2D eigenvalue weighted by molar-refractivity contribution is -0.153. The zero-order chi connectivity index (χ0) is 19.2. The van der Waals surface area contributed by atoms with Gasteiger partial charge in [-0.1, -0.05) is 18.2 Å². The highest BCUT2D eigenvalue weighted by Crippen LogP contribution is 2.29. The third kappa shape index (κ3) is 5.96. The number of hydrogen-bond acceptors (Lipinski definition) is 4. The Hall–Kier alpha value is -2.74. The first-order chi connectivity index (χ1) is 12.3. The van der Waals surface area contributed by atoms with Crippen LogP contribution in [0, 0.1) is 0 Å². The second-order valence-electron chi connectivity index (χ2n) is 5.49. The molecule has 0 spiro atoms. The summed E-state index contributed by atoms with van der Waals surface area (Å²) in [7, 11) is 1.36. The van der Waals surface area contributed by atoms with Gasteiger partial charge in [-0.3, -0.25) is 0 Å². The molecule has 0 amide bonds. The van der Waals surface area contributed by atoms with Crippen LogP contribution in [-0.2, 0) is 13.1 Å². The van der Waals surface area contributed by atoms with Gasteiger partial charge in [-0.25, -0.2) is 4.79 Å². The highest BCUT2D eigenvalue weighted by Gasteiger charge is 2.29. The summed E-state index contributed by atoms with van der Waals surface area (Å²) in [5.74, 6) is -0.735. The van der Waals surface area contributed by atoms with Crippen LogP contribution in [0.2, 0.25) is 0 Å². The van der Waals surface area contributed by atoms with Crippen molar-refractivity contribution in [1.82, 2.24) is 5.32 Å². The Balaban J connectivity index is 1.92. The second-order valence-corrected chi connectivity index (χ2v) is 5.49. The summed E-state index contributed by atoms with van der Waals surface area (Å²) in [5.41, 5.74) is 1.93. The molecule has 0 atom stereocenters. The van der Waals surface area contributed by atoms with Crippen LogP contribution in [0.3, 0.4) is 0 Å².